The van der Waals surface area contributed by atoms with Crippen LogP contribution >= 0.6 is 0 Å². The van der Waals surface area contributed by atoms with Gasteiger partial charge >= 0.3 is 18.0 Å². The number of amides is 1. The van der Waals surface area contributed by atoms with Gasteiger partial charge in [0.15, 0.2) is 29.0 Å². The number of nitrogens with zero attached hydrogens (tertiary/aromatic N) is 1. The van der Waals surface area contributed by atoms with E-state index in [-0.39, 0.29) is 18.1 Å². The Morgan fingerprint density at radius 3 is 2.00 bits per heavy atom. The van der Waals surface area contributed by atoms with E-state index in [1.165, 1.54) is 31.4 Å². The Morgan fingerprint density at radius 1 is 0.892 bits per heavy atom. The number of benzene rings is 3. The van der Waals surface area contributed by atoms with Crippen molar-refractivity contribution >= 4 is 17.6 Å². The molecule has 0 aromatic heterocycles. The van der Waals surface area contributed by atoms with Gasteiger partial charge in [0, 0.05) is 11.6 Å². The summed E-state index contributed by atoms with van der Waals surface area (Å²) in [4.78, 5) is 24.3. The van der Waals surface area contributed by atoms with Crippen LogP contribution in [0.5, 0.6) is 5.75 Å². The van der Waals surface area contributed by atoms with Crippen LogP contribution in [0.15, 0.2) is 36.4 Å². The van der Waals surface area contributed by atoms with Gasteiger partial charge in [0.2, 0.25) is 5.82 Å². The molecule has 0 saturated carbocycles. The van der Waals surface area contributed by atoms with E-state index in [0.29, 0.717) is 16.5 Å². The predicted octanol–water partition coefficient (Wildman–Crippen LogP) is 5.42. The van der Waals surface area contributed by atoms with Crippen molar-refractivity contribution in [3.05, 3.63) is 82.4 Å². The number of hydrogen-bond acceptors (Lipinski definition) is 4. The molecule has 0 spiro atoms. The molecular formula is C24H13F8NO4. The highest BCUT2D eigenvalue weighted by Gasteiger charge is 2.51. The number of halogens is 8. The minimum atomic E-state index is -4.46. The molecule has 37 heavy (non-hydrogen) atoms. The normalized spacial score (nSPS) is 14.3. The number of carbonyl (C=O) groups is 2. The monoisotopic (exact) mass is 531 g/mol. The first kappa shape index (κ1) is 25.9. The van der Waals surface area contributed by atoms with E-state index >= 15 is 0 Å². The van der Waals surface area contributed by atoms with Crippen LogP contribution in [0.3, 0.4) is 0 Å². The zero-order valence-electron chi connectivity index (χ0n) is 18.5. The van der Waals surface area contributed by atoms with Crippen molar-refractivity contribution in [1.29, 1.82) is 0 Å². The zero-order valence-corrected chi connectivity index (χ0v) is 18.5. The minimum Gasteiger partial charge on any atom is -0.469 e. The van der Waals surface area contributed by atoms with E-state index in [0.717, 1.165) is 0 Å². The van der Waals surface area contributed by atoms with Gasteiger partial charge in [0.1, 0.15) is 5.82 Å². The summed E-state index contributed by atoms with van der Waals surface area (Å²) in [5.74, 6) is -17.0. The summed E-state index contributed by atoms with van der Waals surface area (Å²) in [7, 11) is 1.18. The van der Waals surface area contributed by atoms with Gasteiger partial charge in [-0.1, -0.05) is 24.3 Å². The van der Waals surface area contributed by atoms with Crippen LogP contribution in [0, 0.1) is 34.9 Å². The molecule has 3 aromatic rings. The molecule has 0 bridgehead atoms. The fraction of sp³-hybridized carbons (Fsp3) is 0.167. The molecule has 0 saturated heterocycles. The molecule has 0 aliphatic carbocycles. The number of alkyl halides is 2. The summed E-state index contributed by atoms with van der Waals surface area (Å²) in [5, 5.41) is 0. The van der Waals surface area contributed by atoms with E-state index in [1.807, 2.05) is 0 Å². The largest absolute Gasteiger partial charge is 0.482 e. The standard InChI is InChI=1S/C24H13F8NO4/c1-36-16(34)6-10-2-4-11(5-3-10)9-33-14-7-12(13(25)8-15(14)37-24(31,32)23(33)35)17-18(26)20(28)22(30)21(29)19(17)27/h2-5,7-8H,6,9H2,1H3. The van der Waals surface area contributed by atoms with E-state index < -0.39 is 82.0 Å². The number of carbonyl (C=O) groups excluding carboxylic acids is 2. The van der Waals surface area contributed by atoms with Crippen molar-refractivity contribution in [2.24, 2.45) is 0 Å². The van der Waals surface area contributed by atoms with Gasteiger partial charge in [-0.2, -0.15) is 8.78 Å². The van der Waals surface area contributed by atoms with Crippen molar-refractivity contribution in [2.45, 2.75) is 19.1 Å². The van der Waals surface area contributed by atoms with Crippen LogP contribution in [-0.2, 0) is 27.3 Å². The highest BCUT2D eigenvalue weighted by molar-refractivity contribution is 6.01. The summed E-state index contributed by atoms with van der Waals surface area (Å²) in [6, 6.07) is 6.38. The molecule has 4 rings (SSSR count). The SMILES string of the molecule is COC(=O)Cc1ccc(CN2C(=O)C(F)(F)Oc3cc(F)c(-c4c(F)c(F)c(F)c(F)c4F)cc32)cc1. The molecule has 1 aliphatic rings. The average molecular weight is 531 g/mol. The van der Waals surface area contributed by atoms with Crippen molar-refractivity contribution < 1.29 is 54.2 Å². The maximum atomic E-state index is 14.7. The molecule has 13 heteroatoms. The molecule has 0 unspecified atom stereocenters. The van der Waals surface area contributed by atoms with Crippen LogP contribution in [0.25, 0.3) is 11.1 Å². The lowest BCUT2D eigenvalue weighted by molar-refractivity contribution is -0.193. The lowest BCUT2D eigenvalue weighted by Gasteiger charge is -2.34. The number of anilines is 1. The molecule has 1 aliphatic heterocycles. The fourth-order valence-corrected chi connectivity index (χ4v) is 3.66. The van der Waals surface area contributed by atoms with Crippen molar-refractivity contribution in [3.8, 4) is 16.9 Å². The Kier molecular flexibility index (Phi) is 6.57. The topological polar surface area (TPSA) is 55.8 Å². The van der Waals surface area contributed by atoms with Gasteiger partial charge in [-0.05, 0) is 17.2 Å². The summed E-state index contributed by atoms with van der Waals surface area (Å²) >= 11 is 0. The Morgan fingerprint density at radius 2 is 1.43 bits per heavy atom. The van der Waals surface area contributed by atoms with Gasteiger partial charge in [0.05, 0.1) is 31.3 Å². The minimum absolute atomic E-state index is 0.0985. The smallest absolute Gasteiger partial charge is 0.469 e. The van der Waals surface area contributed by atoms with Crippen LogP contribution in [0.4, 0.5) is 40.8 Å². The molecule has 5 nitrogen and oxygen atoms in total. The third kappa shape index (κ3) is 4.56. The summed E-state index contributed by atoms with van der Waals surface area (Å²) < 4.78 is 122. The van der Waals surface area contributed by atoms with Crippen LogP contribution in [0.1, 0.15) is 11.1 Å². The Balaban J connectivity index is 1.81. The van der Waals surface area contributed by atoms with Crippen LogP contribution in [0.2, 0.25) is 0 Å². The van der Waals surface area contributed by atoms with Crippen LogP contribution < -0.4 is 9.64 Å². The maximum absolute atomic E-state index is 14.7. The second-order valence-electron chi connectivity index (χ2n) is 7.82. The molecule has 0 radical (unpaired) electrons. The van der Waals surface area contributed by atoms with E-state index in [4.69, 9.17) is 0 Å². The van der Waals surface area contributed by atoms with Gasteiger partial charge in [0.25, 0.3) is 0 Å². The number of fused-ring (bicyclic) bond motifs is 1. The first-order chi connectivity index (χ1) is 17.4. The predicted molar refractivity (Wildman–Crippen MR) is 111 cm³/mol. The lowest BCUT2D eigenvalue weighted by Crippen LogP contribution is -2.50. The highest BCUT2D eigenvalue weighted by Crippen LogP contribution is 2.44. The number of methoxy groups -OCH3 is 1. The molecule has 0 atom stereocenters. The maximum Gasteiger partial charge on any atom is 0.482 e. The van der Waals surface area contributed by atoms with Gasteiger partial charge in [-0.15, -0.1) is 0 Å². The third-order valence-electron chi connectivity index (χ3n) is 5.49. The molecule has 1 amide bonds. The fourth-order valence-electron chi connectivity index (χ4n) is 3.66. The van der Waals surface area contributed by atoms with Crippen molar-refractivity contribution in [2.75, 3.05) is 12.0 Å². The molecular weight excluding hydrogens is 518 g/mol. The lowest BCUT2D eigenvalue weighted by atomic mass is 10.00. The third-order valence-corrected chi connectivity index (χ3v) is 5.49. The highest BCUT2D eigenvalue weighted by atomic mass is 19.3. The summed E-state index contributed by atoms with van der Waals surface area (Å²) in [5.41, 5.74) is -2.74. The Bertz CT molecular complexity index is 1400. The second-order valence-corrected chi connectivity index (χ2v) is 7.82. The van der Waals surface area contributed by atoms with Crippen LogP contribution in [-0.4, -0.2) is 25.1 Å². The first-order valence-corrected chi connectivity index (χ1v) is 10.2. The van der Waals surface area contributed by atoms with Crippen molar-refractivity contribution in [1.82, 2.24) is 0 Å². The van der Waals surface area contributed by atoms with E-state index in [1.54, 1.807) is 0 Å². The summed E-state index contributed by atoms with van der Waals surface area (Å²) in [6.07, 6.45) is -4.56. The average Bonchev–Trinajstić information content (AvgIpc) is 2.86. The molecule has 194 valence electrons. The Labute approximate surface area is 202 Å². The number of hydrogen-bond donors (Lipinski definition) is 0. The van der Waals surface area contributed by atoms with Gasteiger partial charge in [-0.3, -0.25) is 14.5 Å². The number of rotatable bonds is 5. The van der Waals surface area contributed by atoms with Gasteiger partial charge in [-0.25, -0.2) is 26.3 Å². The summed E-state index contributed by atoms with van der Waals surface area (Å²) in [6.45, 7) is -0.592. The van der Waals surface area contributed by atoms with Gasteiger partial charge < -0.3 is 9.47 Å². The Hall–Kier alpha value is -4.16. The second kappa shape index (κ2) is 9.37. The molecule has 3 aromatic carbocycles. The van der Waals surface area contributed by atoms with Crippen molar-refractivity contribution in [3.63, 3.8) is 0 Å². The van der Waals surface area contributed by atoms with E-state index in [9.17, 15) is 44.7 Å². The molecule has 0 N–H and O–H groups in total. The molecule has 1 heterocycles. The number of ether oxygens (including phenoxy) is 2. The molecule has 0 fully saturated rings. The van der Waals surface area contributed by atoms with E-state index in [2.05, 4.69) is 9.47 Å². The first-order valence-electron chi connectivity index (χ1n) is 10.2. The zero-order chi connectivity index (χ0) is 27.2. The quantitative estimate of drug-likeness (QED) is 0.191. The number of esters is 1.